The van der Waals surface area contributed by atoms with Gasteiger partial charge in [0, 0.05) is 17.8 Å². The smallest absolute Gasteiger partial charge is 0.325 e. The molecule has 9 nitrogen and oxygen atoms in total. The topological polar surface area (TPSA) is 122 Å². The standard InChI is InChI=1S/C24H29N3O6S/c1-15-12-16(2)22(17(3)13-15)34(31,32)27-11-5-6-20(27)24(30)26-19-9-7-18(8-10-19)23(29)25-14-21(28)33-4/h7-10,12-13,20H,5-6,11,14H2,1-4H3,(H,25,29)(H,26,30). The Hall–Kier alpha value is -3.24. The summed E-state index contributed by atoms with van der Waals surface area (Å²) in [6.07, 6.45) is 1.00. The Morgan fingerprint density at radius 2 is 1.68 bits per heavy atom. The van der Waals surface area contributed by atoms with Gasteiger partial charge in [-0.15, -0.1) is 0 Å². The van der Waals surface area contributed by atoms with Crippen LogP contribution >= 0.6 is 0 Å². The molecule has 0 radical (unpaired) electrons. The molecule has 1 fully saturated rings. The lowest BCUT2D eigenvalue weighted by atomic mass is 10.1. The van der Waals surface area contributed by atoms with E-state index >= 15 is 0 Å². The first-order chi connectivity index (χ1) is 16.0. The molecule has 1 aliphatic heterocycles. The normalized spacial score (nSPS) is 16.2. The molecule has 3 rings (SSSR count). The van der Waals surface area contributed by atoms with Crippen LogP contribution in [0.25, 0.3) is 0 Å². The van der Waals surface area contributed by atoms with Crippen LogP contribution in [0.5, 0.6) is 0 Å². The second kappa shape index (κ2) is 10.4. The molecule has 1 atom stereocenters. The summed E-state index contributed by atoms with van der Waals surface area (Å²) in [6, 6.07) is 8.93. The van der Waals surface area contributed by atoms with Crippen LogP contribution in [0.2, 0.25) is 0 Å². The zero-order valence-corrected chi connectivity index (χ0v) is 20.5. The number of ether oxygens (including phenoxy) is 1. The van der Waals surface area contributed by atoms with E-state index in [9.17, 15) is 22.8 Å². The first kappa shape index (κ1) is 25.4. The lowest BCUT2D eigenvalue weighted by Crippen LogP contribution is -2.43. The molecule has 0 aromatic heterocycles. The Kier molecular flexibility index (Phi) is 7.73. The zero-order chi connectivity index (χ0) is 25.0. The van der Waals surface area contributed by atoms with Gasteiger partial charge in [-0.2, -0.15) is 4.31 Å². The number of nitrogens with one attached hydrogen (secondary N) is 2. The number of methoxy groups -OCH3 is 1. The maximum absolute atomic E-state index is 13.5. The van der Waals surface area contributed by atoms with Crippen molar-refractivity contribution in [3.05, 3.63) is 58.7 Å². The van der Waals surface area contributed by atoms with Crippen molar-refractivity contribution in [2.75, 3.05) is 25.5 Å². The van der Waals surface area contributed by atoms with Gasteiger partial charge in [0.2, 0.25) is 15.9 Å². The number of aryl methyl sites for hydroxylation is 3. The molecule has 182 valence electrons. The van der Waals surface area contributed by atoms with Crippen LogP contribution in [0.4, 0.5) is 5.69 Å². The van der Waals surface area contributed by atoms with E-state index in [1.165, 1.54) is 23.5 Å². The molecular weight excluding hydrogens is 458 g/mol. The van der Waals surface area contributed by atoms with Crippen molar-refractivity contribution in [3.63, 3.8) is 0 Å². The summed E-state index contributed by atoms with van der Waals surface area (Å²) in [6.45, 7) is 5.46. The van der Waals surface area contributed by atoms with E-state index in [1.807, 2.05) is 19.1 Å². The van der Waals surface area contributed by atoms with E-state index in [1.54, 1.807) is 26.0 Å². The van der Waals surface area contributed by atoms with E-state index < -0.39 is 33.8 Å². The van der Waals surface area contributed by atoms with E-state index in [2.05, 4.69) is 15.4 Å². The molecule has 1 aliphatic rings. The maximum Gasteiger partial charge on any atom is 0.325 e. The number of benzene rings is 2. The molecular formula is C24H29N3O6S. The first-order valence-corrected chi connectivity index (χ1v) is 12.3. The van der Waals surface area contributed by atoms with Gasteiger partial charge in [-0.05, 0) is 69.0 Å². The van der Waals surface area contributed by atoms with Crippen LogP contribution < -0.4 is 10.6 Å². The van der Waals surface area contributed by atoms with Crippen LogP contribution in [-0.4, -0.2) is 56.7 Å². The summed E-state index contributed by atoms with van der Waals surface area (Å²) in [5.41, 5.74) is 3.03. The third kappa shape index (κ3) is 5.45. The van der Waals surface area contributed by atoms with Gasteiger partial charge >= 0.3 is 5.97 Å². The Labute approximate surface area is 199 Å². The molecule has 2 aromatic carbocycles. The van der Waals surface area contributed by atoms with Crippen LogP contribution in [-0.2, 0) is 24.3 Å². The highest BCUT2D eigenvalue weighted by atomic mass is 32.2. The number of hydrogen-bond donors (Lipinski definition) is 2. The van der Waals surface area contributed by atoms with Crippen molar-refractivity contribution in [3.8, 4) is 0 Å². The Morgan fingerprint density at radius 1 is 1.06 bits per heavy atom. The number of amides is 2. The number of anilines is 1. The van der Waals surface area contributed by atoms with Crippen LogP contribution in [0.3, 0.4) is 0 Å². The molecule has 2 amide bonds. The van der Waals surface area contributed by atoms with Crippen LogP contribution in [0.15, 0.2) is 41.3 Å². The highest BCUT2D eigenvalue weighted by molar-refractivity contribution is 7.89. The SMILES string of the molecule is COC(=O)CNC(=O)c1ccc(NC(=O)C2CCCN2S(=O)(=O)c2c(C)cc(C)cc2C)cc1. The van der Waals surface area contributed by atoms with Crippen molar-refractivity contribution < 1.29 is 27.5 Å². The van der Waals surface area contributed by atoms with Crippen LogP contribution in [0.1, 0.15) is 39.9 Å². The molecule has 10 heteroatoms. The lowest BCUT2D eigenvalue weighted by Gasteiger charge is -2.25. The fourth-order valence-corrected chi connectivity index (χ4v) is 6.31. The Bertz CT molecular complexity index is 1180. The van der Waals surface area contributed by atoms with Gasteiger partial charge in [-0.25, -0.2) is 8.42 Å². The van der Waals surface area contributed by atoms with Gasteiger partial charge in [-0.3, -0.25) is 14.4 Å². The van der Waals surface area contributed by atoms with Crippen LogP contribution in [0, 0.1) is 20.8 Å². The first-order valence-electron chi connectivity index (χ1n) is 10.9. The number of hydrogen-bond acceptors (Lipinski definition) is 6. The third-order valence-corrected chi connectivity index (χ3v) is 7.93. The van der Waals surface area contributed by atoms with Crippen molar-refractivity contribution in [1.82, 2.24) is 9.62 Å². The third-order valence-electron chi connectivity index (χ3n) is 5.71. The molecule has 1 unspecified atom stereocenters. The average Bonchev–Trinajstić information content (AvgIpc) is 3.28. The molecule has 1 heterocycles. The minimum Gasteiger partial charge on any atom is -0.468 e. The fraction of sp³-hybridized carbons (Fsp3) is 0.375. The lowest BCUT2D eigenvalue weighted by molar-refractivity contribution is -0.139. The van der Waals surface area contributed by atoms with Gasteiger partial charge in [0.25, 0.3) is 5.91 Å². The molecule has 0 aliphatic carbocycles. The maximum atomic E-state index is 13.5. The van der Waals surface area contributed by atoms with E-state index in [4.69, 9.17) is 0 Å². The number of carbonyl (C=O) groups excluding carboxylic acids is 3. The second-order valence-electron chi connectivity index (χ2n) is 8.33. The highest BCUT2D eigenvalue weighted by Gasteiger charge is 2.40. The number of rotatable bonds is 7. The summed E-state index contributed by atoms with van der Waals surface area (Å²) in [5.74, 6) is -1.45. The minimum absolute atomic E-state index is 0.250. The predicted molar refractivity (Wildman–Crippen MR) is 127 cm³/mol. The summed E-state index contributed by atoms with van der Waals surface area (Å²) in [4.78, 5) is 36.5. The summed E-state index contributed by atoms with van der Waals surface area (Å²) in [5, 5.41) is 5.18. The Balaban J connectivity index is 1.72. The molecule has 1 saturated heterocycles. The van der Waals surface area contributed by atoms with Gasteiger partial charge < -0.3 is 15.4 Å². The monoisotopic (exact) mass is 487 g/mol. The van der Waals surface area contributed by atoms with Gasteiger partial charge in [0.1, 0.15) is 12.6 Å². The number of esters is 1. The van der Waals surface area contributed by atoms with Crippen molar-refractivity contribution >= 4 is 33.5 Å². The molecule has 2 aromatic rings. The molecule has 0 bridgehead atoms. The van der Waals surface area contributed by atoms with Crippen molar-refractivity contribution in [1.29, 1.82) is 0 Å². The molecule has 0 spiro atoms. The zero-order valence-electron chi connectivity index (χ0n) is 19.7. The van der Waals surface area contributed by atoms with Gasteiger partial charge in [0.15, 0.2) is 0 Å². The largest absolute Gasteiger partial charge is 0.468 e. The van der Waals surface area contributed by atoms with Crippen molar-refractivity contribution in [2.24, 2.45) is 0 Å². The van der Waals surface area contributed by atoms with Gasteiger partial charge in [-0.1, -0.05) is 17.7 Å². The molecule has 2 N–H and O–H groups in total. The predicted octanol–water partition coefficient (Wildman–Crippen LogP) is 2.31. The van der Waals surface area contributed by atoms with E-state index in [0.29, 0.717) is 35.2 Å². The number of sulfonamides is 1. The number of nitrogens with zero attached hydrogens (tertiary/aromatic N) is 1. The van der Waals surface area contributed by atoms with E-state index in [0.717, 1.165) is 5.56 Å². The molecule has 34 heavy (non-hydrogen) atoms. The number of carbonyl (C=O) groups is 3. The quantitative estimate of drug-likeness (QED) is 0.578. The summed E-state index contributed by atoms with van der Waals surface area (Å²) >= 11 is 0. The summed E-state index contributed by atoms with van der Waals surface area (Å²) < 4.78 is 32.7. The highest BCUT2D eigenvalue weighted by Crippen LogP contribution is 2.31. The fourth-order valence-electron chi connectivity index (χ4n) is 4.24. The second-order valence-corrected chi connectivity index (χ2v) is 10.2. The average molecular weight is 488 g/mol. The van der Waals surface area contributed by atoms with E-state index in [-0.39, 0.29) is 18.0 Å². The molecule has 0 saturated carbocycles. The summed E-state index contributed by atoms with van der Waals surface area (Å²) in [7, 11) is -2.63. The van der Waals surface area contributed by atoms with Crippen molar-refractivity contribution in [2.45, 2.75) is 44.6 Å². The van der Waals surface area contributed by atoms with Gasteiger partial charge in [0.05, 0.1) is 12.0 Å². The minimum atomic E-state index is -3.86. The Morgan fingerprint density at radius 3 is 2.26 bits per heavy atom.